The van der Waals surface area contributed by atoms with E-state index < -0.39 is 6.10 Å². The van der Waals surface area contributed by atoms with Crippen LogP contribution in [0.25, 0.3) is 0 Å². The minimum atomic E-state index is -0.395. The van der Waals surface area contributed by atoms with Crippen molar-refractivity contribution in [1.29, 1.82) is 0 Å². The summed E-state index contributed by atoms with van der Waals surface area (Å²) in [5.41, 5.74) is 0.746. The van der Waals surface area contributed by atoms with E-state index in [1.165, 1.54) is 6.33 Å². The Kier molecular flexibility index (Phi) is 5.51. The highest BCUT2D eigenvalue weighted by atomic mass is 17.1. The Hall–Kier alpha value is -1.53. The Morgan fingerprint density at radius 1 is 1.71 bits per heavy atom. The van der Waals surface area contributed by atoms with Crippen LogP contribution < -0.4 is 0 Å². The maximum atomic E-state index is 11.5. The lowest BCUT2D eigenvalue weighted by Gasteiger charge is -2.12. The van der Waals surface area contributed by atoms with Crippen molar-refractivity contribution in [3.05, 3.63) is 24.3 Å². The van der Waals surface area contributed by atoms with Gasteiger partial charge in [0.05, 0.1) is 6.42 Å². The summed E-state index contributed by atoms with van der Waals surface area (Å²) >= 11 is 0. The number of hydrogen-bond acceptors (Lipinski definition) is 5. The molecule has 0 saturated carbocycles. The number of nitrogens with one attached hydrogen (secondary N) is 1. The molecular formula is C11H17N3O3. The van der Waals surface area contributed by atoms with E-state index in [1.54, 1.807) is 6.92 Å². The fraction of sp³-hybridized carbons (Fsp3) is 0.545. The molecule has 0 aromatic carbocycles. The van der Waals surface area contributed by atoms with Crippen LogP contribution in [0.15, 0.2) is 18.5 Å². The second kappa shape index (κ2) is 6.93. The first kappa shape index (κ1) is 13.5. The maximum Gasteiger partial charge on any atom is 0.140 e. The maximum absolute atomic E-state index is 11.5. The van der Waals surface area contributed by atoms with Gasteiger partial charge in [-0.3, -0.25) is 15.2 Å². The molecule has 0 aliphatic heterocycles. The van der Waals surface area contributed by atoms with Gasteiger partial charge in [-0.15, -0.1) is 0 Å². The van der Waals surface area contributed by atoms with Crippen LogP contribution in [0.4, 0.5) is 0 Å². The number of aromatic amines is 1. The van der Waals surface area contributed by atoms with Crippen LogP contribution in [-0.4, -0.2) is 32.3 Å². The van der Waals surface area contributed by atoms with Crippen LogP contribution in [-0.2, 0) is 16.1 Å². The lowest BCUT2D eigenvalue weighted by Crippen LogP contribution is -2.13. The smallest absolute Gasteiger partial charge is 0.140 e. The molecule has 0 amide bonds. The van der Waals surface area contributed by atoms with E-state index in [2.05, 4.69) is 26.6 Å². The first-order valence-corrected chi connectivity index (χ1v) is 5.45. The van der Waals surface area contributed by atoms with E-state index >= 15 is 0 Å². The van der Waals surface area contributed by atoms with Gasteiger partial charge in [-0.25, -0.2) is 9.87 Å². The van der Waals surface area contributed by atoms with Crippen molar-refractivity contribution in [2.75, 3.05) is 0 Å². The Bertz CT molecular complexity index is 362. The molecule has 0 radical (unpaired) electrons. The van der Waals surface area contributed by atoms with Gasteiger partial charge in [-0.05, 0) is 25.3 Å². The predicted octanol–water partition coefficient (Wildman–Crippen LogP) is 1.52. The molecule has 2 N–H and O–H groups in total. The first-order valence-electron chi connectivity index (χ1n) is 5.45. The van der Waals surface area contributed by atoms with Gasteiger partial charge < -0.3 is 0 Å². The normalized spacial score (nSPS) is 12.4. The molecule has 0 aliphatic carbocycles. The first-order chi connectivity index (χ1) is 8.13. The molecule has 1 unspecified atom stereocenters. The van der Waals surface area contributed by atoms with Gasteiger partial charge in [0, 0.05) is 6.42 Å². The minimum Gasteiger partial charge on any atom is -0.299 e. The second-order valence-electron chi connectivity index (χ2n) is 3.98. The molecule has 0 bridgehead atoms. The van der Waals surface area contributed by atoms with Gasteiger partial charge in [0.15, 0.2) is 0 Å². The fourth-order valence-corrected chi connectivity index (χ4v) is 1.46. The lowest BCUT2D eigenvalue weighted by molar-refractivity contribution is -0.269. The van der Waals surface area contributed by atoms with Gasteiger partial charge in [-0.2, -0.15) is 5.10 Å². The summed E-state index contributed by atoms with van der Waals surface area (Å²) in [6, 6.07) is 0. The highest BCUT2D eigenvalue weighted by molar-refractivity contribution is 5.79. The summed E-state index contributed by atoms with van der Waals surface area (Å²) < 4.78 is 0. The summed E-state index contributed by atoms with van der Waals surface area (Å²) in [5, 5.41) is 14.9. The Morgan fingerprint density at radius 2 is 2.47 bits per heavy atom. The van der Waals surface area contributed by atoms with Crippen molar-refractivity contribution in [3.8, 4) is 0 Å². The van der Waals surface area contributed by atoms with Gasteiger partial charge in [-0.1, -0.05) is 6.58 Å². The second-order valence-corrected chi connectivity index (χ2v) is 3.98. The van der Waals surface area contributed by atoms with E-state index in [4.69, 9.17) is 5.26 Å². The van der Waals surface area contributed by atoms with Crippen LogP contribution in [0.5, 0.6) is 0 Å². The van der Waals surface area contributed by atoms with Gasteiger partial charge in [0.1, 0.15) is 24.0 Å². The molecule has 0 spiro atoms. The number of H-pyrrole nitrogens is 1. The third-order valence-corrected chi connectivity index (χ3v) is 2.43. The number of hydrogen-bond donors (Lipinski definition) is 2. The van der Waals surface area contributed by atoms with E-state index in [0.29, 0.717) is 25.1 Å². The van der Waals surface area contributed by atoms with E-state index in [1.807, 2.05) is 0 Å². The van der Waals surface area contributed by atoms with Crippen LogP contribution >= 0.6 is 0 Å². The lowest BCUT2D eigenvalue weighted by atomic mass is 10.0. The molecule has 0 aliphatic rings. The third kappa shape index (κ3) is 4.88. The van der Waals surface area contributed by atoms with E-state index in [0.717, 1.165) is 5.57 Å². The monoisotopic (exact) mass is 239 g/mol. The van der Waals surface area contributed by atoms with Crippen molar-refractivity contribution in [3.63, 3.8) is 0 Å². The average Bonchev–Trinajstić information content (AvgIpc) is 2.76. The predicted molar refractivity (Wildman–Crippen MR) is 61.3 cm³/mol. The zero-order chi connectivity index (χ0) is 12.7. The number of rotatable bonds is 8. The summed E-state index contributed by atoms with van der Waals surface area (Å²) in [6.07, 6.45) is 2.89. The van der Waals surface area contributed by atoms with Gasteiger partial charge in [0.25, 0.3) is 0 Å². The summed E-state index contributed by atoms with van der Waals surface area (Å²) in [5.74, 6) is 0.657. The van der Waals surface area contributed by atoms with Crippen molar-refractivity contribution in [1.82, 2.24) is 15.2 Å². The summed E-state index contributed by atoms with van der Waals surface area (Å²) in [4.78, 5) is 19.7. The number of carbonyl (C=O) groups is 1. The zero-order valence-electron chi connectivity index (χ0n) is 9.85. The van der Waals surface area contributed by atoms with Crippen LogP contribution in [0.1, 0.15) is 32.0 Å². The van der Waals surface area contributed by atoms with Crippen LogP contribution in [0.3, 0.4) is 0 Å². The standard InChI is InChI=1S/C11H17N3O3/c1-8(2)10(17-16)5-3-4-9(15)6-11-12-7-13-14-11/h7,10,16H,1,3-6H2,2H3,(H,12,13,14). The third-order valence-electron chi connectivity index (χ3n) is 2.43. The SMILES string of the molecule is C=C(C)C(CCCC(=O)Cc1ncn[nH]1)OO. The van der Waals surface area contributed by atoms with Crippen LogP contribution in [0, 0.1) is 0 Å². The fourth-order valence-electron chi connectivity index (χ4n) is 1.46. The minimum absolute atomic E-state index is 0.0835. The van der Waals surface area contributed by atoms with Crippen molar-refractivity contribution >= 4 is 5.78 Å². The highest BCUT2D eigenvalue weighted by Crippen LogP contribution is 2.12. The quantitative estimate of drug-likeness (QED) is 0.408. The summed E-state index contributed by atoms with van der Waals surface area (Å²) in [6.45, 7) is 5.47. The molecule has 0 saturated heterocycles. The number of nitrogens with zero attached hydrogens (tertiary/aromatic N) is 2. The van der Waals surface area contributed by atoms with E-state index in [-0.39, 0.29) is 12.2 Å². The number of aromatic nitrogens is 3. The van der Waals surface area contributed by atoms with Crippen molar-refractivity contribution in [2.45, 2.75) is 38.7 Å². The Labute approximate surface area is 99.6 Å². The van der Waals surface area contributed by atoms with Crippen LogP contribution in [0.2, 0.25) is 0 Å². The number of ketones is 1. The molecular weight excluding hydrogens is 222 g/mol. The topological polar surface area (TPSA) is 88.1 Å². The highest BCUT2D eigenvalue weighted by Gasteiger charge is 2.11. The van der Waals surface area contributed by atoms with E-state index in [9.17, 15) is 4.79 Å². The molecule has 94 valence electrons. The average molecular weight is 239 g/mol. The molecule has 6 heteroatoms. The van der Waals surface area contributed by atoms with Crippen molar-refractivity contribution in [2.24, 2.45) is 0 Å². The molecule has 1 atom stereocenters. The molecule has 1 heterocycles. The summed E-state index contributed by atoms with van der Waals surface area (Å²) in [7, 11) is 0. The molecule has 17 heavy (non-hydrogen) atoms. The molecule has 0 fully saturated rings. The molecule has 1 aromatic rings. The zero-order valence-corrected chi connectivity index (χ0v) is 9.85. The number of carbonyl (C=O) groups excluding carboxylic acids is 1. The molecule has 1 rings (SSSR count). The number of Topliss-reactive ketones (excluding diaryl/α,β-unsaturated/α-hetero) is 1. The van der Waals surface area contributed by atoms with Gasteiger partial charge >= 0.3 is 0 Å². The largest absolute Gasteiger partial charge is 0.299 e. The van der Waals surface area contributed by atoms with Gasteiger partial charge in [0.2, 0.25) is 0 Å². The molecule has 6 nitrogen and oxygen atoms in total. The van der Waals surface area contributed by atoms with Crippen molar-refractivity contribution < 1.29 is 14.9 Å². The Morgan fingerprint density at radius 3 is 3.00 bits per heavy atom. The molecule has 1 aromatic heterocycles. The Balaban J connectivity index is 2.22.